The first-order valence-corrected chi connectivity index (χ1v) is 18.6. The van der Waals surface area contributed by atoms with Crippen molar-refractivity contribution in [3.8, 4) is 23.0 Å². The fourth-order valence-corrected chi connectivity index (χ4v) is 5.92. The lowest BCUT2D eigenvalue weighted by Crippen LogP contribution is -2.44. The molecule has 15 nitrogen and oxygen atoms in total. The van der Waals surface area contributed by atoms with Crippen molar-refractivity contribution in [2.75, 3.05) is 40.4 Å². The lowest BCUT2D eigenvalue weighted by atomic mass is 10.1. The van der Waals surface area contributed by atoms with Crippen molar-refractivity contribution in [2.45, 2.75) is 90.6 Å². The Morgan fingerprint density at radius 3 is 1.56 bits per heavy atom. The molecule has 55 heavy (non-hydrogen) atoms. The van der Waals surface area contributed by atoms with Crippen molar-refractivity contribution < 1.29 is 43.5 Å². The number of aliphatic hydroxyl groups excluding tert-OH is 1. The number of likely N-dealkylation sites (tertiary alicyclic amines) is 2. The van der Waals surface area contributed by atoms with Gasteiger partial charge in [0.2, 0.25) is 0 Å². The number of hydrogen-bond acceptors (Lipinski definition) is 13. The molecule has 0 aliphatic carbocycles. The van der Waals surface area contributed by atoms with Crippen molar-refractivity contribution in [3.05, 3.63) is 47.2 Å². The highest BCUT2D eigenvalue weighted by Crippen LogP contribution is 2.36. The molecular weight excluding hydrogens is 755 g/mol. The van der Waals surface area contributed by atoms with Crippen LogP contribution >= 0.6 is 23.2 Å². The van der Waals surface area contributed by atoms with Gasteiger partial charge in [-0.1, -0.05) is 23.2 Å². The number of phenols is 1. The van der Waals surface area contributed by atoms with Crippen LogP contribution in [-0.2, 0) is 9.47 Å². The molecule has 0 radical (unpaired) electrons. The molecule has 2 aromatic carbocycles. The maximum atomic E-state index is 12.2. The molecule has 0 spiro atoms. The van der Waals surface area contributed by atoms with Gasteiger partial charge in [0.1, 0.15) is 40.3 Å². The van der Waals surface area contributed by atoms with Crippen LogP contribution in [0.3, 0.4) is 0 Å². The topological polar surface area (TPSA) is 179 Å². The van der Waals surface area contributed by atoms with Gasteiger partial charge >= 0.3 is 12.2 Å². The van der Waals surface area contributed by atoms with E-state index >= 15 is 0 Å². The summed E-state index contributed by atoms with van der Waals surface area (Å²) in [5.41, 5.74) is 0.347. The SMILES string of the molecule is CC(C)(C)OC(=O)N1CCC(O)CC1.COc1cc2c(Cl)ncnc2cc1O.COc1cc2c(Cl)ncnc2cc1OC1CCN(C(=O)OC(C)(C)C)CC1. The Labute approximate surface area is 330 Å². The first-order chi connectivity index (χ1) is 25.9. The summed E-state index contributed by atoms with van der Waals surface area (Å²) in [6.45, 7) is 13.5. The molecule has 4 heterocycles. The molecule has 0 unspecified atom stereocenters. The van der Waals surface area contributed by atoms with Crippen LogP contribution in [0.1, 0.15) is 67.2 Å². The van der Waals surface area contributed by atoms with E-state index in [1.807, 2.05) is 47.6 Å². The Hall–Kier alpha value is -4.60. The highest BCUT2D eigenvalue weighted by molar-refractivity contribution is 6.34. The Morgan fingerprint density at radius 2 is 1.11 bits per heavy atom. The Balaban J connectivity index is 0.000000202. The molecule has 0 bridgehead atoms. The van der Waals surface area contributed by atoms with Crippen LogP contribution in [0.2, 0.25) is 10.3 Å². The van der Waals surface area contributed by atoms with E-state index in [1.165, 1.54) is 25.8 Å². The average Bonchev–Trinajstić information content (AvgIpc) is 3.11. The van der Waals surface area contributed by atoms with Crippen molar-refractivity contribution in [1.82, 2.24) is 29.7 Å². The summed E-state index contributed by atoms with van der Waals surface area (Å²) in [7, 11) is 3.05. The minimum absolute atomic E-state index is 0.0210. The molecule has 0 saturated carbocycles. The highest BCUT2D eigenvalue weighted by atomic mass is 35.5. The van der Waals surface area contributed by atoms with E-state index in [0.29, 0.717) is 101 Å². The predicted octanol–water partition coefficient (Wildman–Crippen LogP) is 7.45. The van der Waals surface area contributed by atoms with E-state index < -0.39 is 11.2 Å². The van der Waals surface area contributed by atoms with Crippen LogP contribution in [0, 0.1) is 0 Å². The molecule has 300 valence electrons. The summed E-state index contributed by atoms with van der Waals surface area (Å²) in [6.07, 6.45) is 4.66. The second-order valence-corrected chi connectivity index (χ2v) is 15.6. The number of aliphatic hydroxyl groups is 1. The number of ether oxygens (including phenoxy) is 5. The minimum atomic E-state index is -0.494. The van der Waals surface area contributed by atoms with Gasteiger partial charge in [-0.15, -0.1) is 0 Å². The number of amides is 2. The van der Waals surface area contributed by atoms with Crippen LogP contribution < -0.4 is 14.2 Å². The molecule has 4 aromatic rings. The maximum absolute atomic E-state index is 12.2. The van der Waals surface area contributed by atoms with Crippen LogP contribution in [0.25, 0.3) is 21.8 Å². The molecule has 2 fully saturated rings. The van der Waals surface area contributed by atoms with E-state index in [1.54, 1.807) is 29.0 Å². The summed E-state index contributed by atoms with van der Waals surface area (Å²) in [6, 6.07) is 6.68. The number of hydrogen-bond donors (Lipinski definition) is 2. The van der Waals surface area contributed by atoms with E-state index in [4.69, 9.17) is 46.9 Å². The Bertz CT molecular complexity index is 1920. The molecular formula is C38H50Cl2N6O9. The van der Waals surface area contributed by atoms with E-state index in [0.717, 1.165) is 0 Å². The molecule has 2 N–H and O–H groups in total. The van der Waals surface area contributed by atoms with E-state index in [-0.39, 0.29) is 30.1 Å². The predicted molar refractivity (Wildman–Crippen MR) is 208 cm³/mol. The Kier molecular flexibility index (Phi) is 14.8. The second-order valence-electron chi connectivity index (χ2n) is 14.9. The lowest BCUT2D eigenvalue weighted by Gasteiger charge is -2.33. The third-order valence-electron chi connectivity index (χ3n) is 8.26. The van der Waals surface area contributed by atoms with Gasteiger partial charge in [-0.05, 0) is 66.5 Å². The molecule has 2 amide bonds. The van der Waals surface area contributed by atoms with Crippen LogP contribution in [0.15, 0.2) is 36.9 Å². The monoisotopic (exact) mass is 804 g/mol. The zero-order valence-corrected chi connectivity index (χ0v) is 34.0. The van der Waals surface area contributed by atoms with Gasteiger partial charge in [0.15, 0.2) is 23.0 Å². The fourth-order valence-electron chi connectivity index (χ4n) is 5.53. The molecule has 0 atom stereocenters. The van der Waals surface area contributed by atoms with Crippen molar-refractivity contribution in [1.29, 1.82) is 0 Å². The normalized spacial score (nSPS) is 15.3. The van der Waals surface area contributed by atoms with Gasteiger partial charge in [-0.3, -0.25) is 0 Å². The van der Waals surface area contributed by atoms with Gasteiger partial charge in [0.05, 0.1) is 31.4 Å². The molecule has 6 rings (SSSR count). The smallest absolute Gasteiger partial charge is 0.410 e. The van der Waals surface area contributed by atoms with E-state index in [2.05, 4.69) is 19.9 Å². The van der Waals surface area contributed by atoms with Gasteiger partial charge < -0.3 is 43.7 Å². The largest absolute Gasteiger partial charge is 0.504 e. The van der Waals surface area contributed by atoms with Crippen molar-refractivity contribution >= 4 is 57.2 Å². The first kappa shape index (κ1) is 43.1. The van der Waals surface area contributed by atoms with Crippen LogP contribution in [0.4, 0.5) is 9.59 Å². The highest BCUT2D eigenvalue weighted by Gasteiger charge is 2.29. The quantitative estimate of drug-likeness (QED) is 0.195. The lowest BCUT2D eigenvalue weighted by molar-refractivity contribution is 0.00957. The number of aromatic hydroxyl groups is 1. The molecule has 2 saturated heterocycles. The number of phenolic OH excluding ortho intramolecular Hbond substituents is 1. The maximum Gasteiger partial charge on any atom is 0.410 e. The summed E-state index contributed by atoms with van der Waals surface area (Å²) >= 11 is 12.0. The number of fused-ring (bicyclic) bond motifs is 2. The standard InChI is InChI=1S/C19H24ClN3O4.C10H19NO3.C9H7ClN2O2/c1-19(2,3)27-18(24)23-7-5-12(6-8-23)26-16-10-14-13(9-15(16)25-4)17(20)22-11-21-14;1-10(2,3)14-9(13)11-6-4-8(12)5-7-11;1-14-8-2-5-6(3-7(8)13)11-4-12-9(5)10/h9-12H,5-8H2,1-4H3;8,12H,4-7H2,1-3H3;2-4,13H,1H3. The Morgan fingerprint density at radius 1 is 0.673 bits per heavy atom. The number of piperidine rings is 2. The number of nitrogens with zero attached hydrogens (tertiary/aromatic N) is 6. The summed E-state index contributed by atoms with van der Waals surface area (Å²) < 4.78 is 27.2. The molecule has 17 heteroatoms. The van der Waals surface area contributed by atoms with E-state index in [9.17, 15) is 19.8 Å². The van der Waals surface area contributed by atoms with Gasteiger partial charge in [-0.2, -0.15) is 0 Å². The summed E-state index contributed by atoms with van der Waals surface area (Å²) in [4.78, 5) is 43.1. The number of carbonyl (C=O) groups is 2. The fraction of sp³-hybridized carbons (Fsp3) is 0.526. The first-order valence-electron chi connectivity index (χ1n) is 17.8. The van der Waals surface area contributed by atoms with Gasteiger partial charge in [0.25, 0.3) is 0 Å². The average molecular weight is 806 g/mol. The number of carbonyl (C=O) groups excluding carboxylic acids is 2. The number of benzene rings is 2. The number of halogens is 2. The third kappa shape index (κ3) is 12.7. The second kappa shape index (κ2) is 18.8. The minimum Gasteiger partial charge on any atom is -0.504 e. The number of aromatic nitrogens is 4. The number of methoxy groups -OCH3 is 2. The van der Waals surface area contributed by atoms with Crippen LogP contribution in [-0.4, -0.2) is 116 Å². The van der Waals surface area contributed by atoms with Gasteiger partial charge in [0, 0.05) is 61.9 Å². The molecule has 2 aliphatic heterocycles. The third-order valence-corrected chi connectivity index (χ3v) is 8.87. The summed E-state index contributed by atoms with van der Waals surface area (Å²) in [5.74, 6) is 1.58. The van der Waals surface area contributed by atoms with Crippen molar-refractivity contribution in [2.24, 2.45) is 0 Å². The zero-order chi connectivity index (χ0) is 40.5. The summed E-state index contributed by atoms with van der Waals surface area (Å²) in [5, 5.41) is 20.8. The number of rotatable bonds is 4. The molecule has 2 aromatic heterocycles. The zero-order valence-electron chi connectivity index (χ0n) is 32.5. The molecule has 2 aliphatic rings. The van der Waals surface area contributed by atoms with Gasteiger partial charge in [-0.25, -0.2) is 29.5 Å². The van der Waals surface area contributed by atoms with Crippen LogP contribution in [0.5, 0.6) is 23.0 Å². The van der Waals surface area contributed by atoms with Crippen molar-refractivity contribution in [3.63, 3.8) is 0 Å².